The Labute approximate surface area is 215 Å². The van der Waals surface area contributed by atoms with Crippen LogP contribution in [0.4, 0.5) is 11.4 Å². The third-order valence-electron chi connectivity index (χ3n) is 5.84. The number of nitrogens with one attached hydrogen (secondary N) is 1. The SMILES string of the molecule is COc1cc([N+](=O)[O-])ccc1-n1c(C)cc(C=C2C(=O)NC(=S)N(c3cccc(C(=O)O)c3)C2=O)c1C. The highest BCUT2D eigenvalue weighted by Gasteiger charge is 2.35. The van der Waals surface area contributed by atoms with Crippen LogP contribution < -0.4 is 15.0 Å². The van der Waals surface area contributed by atoms with Crippen molar-refractivity contribution in [1.82, 2.24) is 9.88 Å². The van der Waals surface area contributed by atoms with E-state index in [1.165, 1.54) is 49.6 Å². The van der Waals surface area contributed by atoms with Gasteiger partial charge in [-0.05, 0) is 68.0 Å². The number of non-ortho nitro benzene ring substituents is 1. The lowest BCUT2D eigenvalue weighted by atomic mass is 10.1. The van der Waals surface area contributed by atoms with Gasteiger partial charge in [0.1, 0.15) is 11.3 Å². The number of aryl methyl sites for hydroxylation is 1. The molecule has 0 aliphatic carbocycles. The smallest absolute Gasteiger partial charge is 0.335 e. The molecule has 2 aromatic carbocycles. The van der Waals surface area contributed by atoms with Gasteiger partial charge >= 0.3 is 5.97 Å². The van der Waals surface area contributed by atoms with Crippen LogP contribution in [0.3, 0.4) is 0 Å². The topological polar surface area (TPSA) is 144 Å². The number of carboxylic acid groups (broad SMARTS) is 1. The second-order valence-corrected chi connectivity index (χ2v) is 8.48. The fourth-order valence-corrected chi connectivity index (χ4v) is 4.38. The summed E-state index contributed by atoms with van der Waals surface area (Å²) in [5.41, 5.74) is 2.28. The molecule has 1 aliphatic rings. The van der Waals surface area contributed by atoms with Gasteiger partial charge in [0, 0.05) is 17.5 Å². The van der Waals surface area contributed by atoms with E-state index in [-0.39, 0.29) is 33.4 Å². The van der Waals surface area contributed by atoms with E-state index in [0.717, 1.165) is 10.6 Å². The normalized spacial score (nSPS) is 14.6. The van der Waals surface area contributed by atoms with Crippen molar-refractivity contribution in [3.8, 4) is 11.4 Å². The van der Waals surface area contributed by atoms with E-state index in [9.17, 15) is 29.6 Å². The molecule has 4 rings (SSSR count). The average molecular weight is 521 g/mol. The number of rotatable bonds is 6. The molecule has 37 heavy (non-hydrogen) atoms. The Hall–Kier alpha value is -4.84. The van der Waals surface area contributed by atoms with Crippen molar-refractivity contribution in [3.05, 3.63) is 86.7 Å². The fraction of sp³-hybridized carbons (Fsp3) is 0.120. The van der Waals surface area contributed by atoms with Crippen molar-refractivity contribution in [1.29, 1.82) is 0 Å². The predicted molar refractivity (Wildman–Crippen MR) is 138 cm³/mol. The Morgan fingerprint density at radius 2 is 1.89 bits per heavy atom. The molecule has 11 nitrogen and oxygen atoms in total. The number of nitrogens with zero attached hydrogens (tertiary/aromatic N) is 3. The highest BCUT2D eigenvalue weighted by molar-refractivity contribution is 7.80. The van der Waals surface area contributed by atoms with E-state index in [0.29, 0.717) is 16.9 Å². The first-order valence-corrected chi connectivity index (χ1v) is 11.2. The molecule has 2 amide bonds. The number of methoxy groups -OCH3 is 1. The molecule has 1 aromatic heterocycles. The first-order chi connectivity index (χ1) is 17.5. The number of aromatic carboxylic acids is 1. The number of hydrogen-bond acceptors (Lipinski definition) is 7. The van der Waals surface area contributed by atoms with Gasteiger partial charge in [-0.15, -0.1) is 0 Å². The lowest BCUT2D eigenvalue weighted by Crippen LogP contribution is -2.54. The van der Waals surface area contributed by atoms with Crippen molar-refractivity contribution in [2.24, 2.45) is 0 Å². The molecule has 0 radical (unpaired) electrons. The number of aromatic nitrogens is 1. The molecule has 188 valence electrons. The molecule has 0 atom stereocenters. The summed E-state index contributed by atoms with van der Waals surface area (Å²) in [7, 11) is 1.40. The van der Waals surface area contributed by atoms with Crippen LogP contribution in [0, 0.1) is 24.0 Å². The Morgan fingerprint density at radius 3 is 2.54 bits per heavy atom. The number of benzene rings is 2. The Morgan fingerprint density at radius 1 is 1.16 bits per heavy atom. The van der Waals surface area contributed by atoms with Crippen molar-refractivity contribution in [2.75, 3.05) is 12.0 Å². The molecule has 3 aromatic rings. The fourth-order valence-electron chi connectivity index (χ4n) is 4.09. The zero-order valence-corrected chi connectivity index (χ0v) is 20.7. The minimum absolute atomic E-state index is 0.0453. The van der Waals surface area contributed by atoms with Gasteiger partial charge in [-0.25, -0.2) is 4.79 Å². The largest absolute Gasteiger partial charge is 0.494 e. The van der Waals surface area contributed by atoms with Crippen molar-refractivity contribution in [3.63, 3.8) is 0 Å². The maximum Gasteiger partial charge on any atom is 0.335 e. The number of nitro benzene ring substituents is 1. The zero-order valence-electron chi connectivity index (χ0n) is 19.8. The van der Waals surface area contributed by atoms with Gasteiger partial charge in [-0.3, -0.25) is 29.9 Å². The minimum atomic E-state index is -1.17. The molecule has 0 bridgehead atoms. The maximum absolute atomic E-state index is 13.4. The molecule has 1 fully saturated rings. The molecule has 0 saturated carbocycles. The molecule has 2 N–H and O–H groups in total. The number of hydrogen-bond donors (Lipinski definition) is 2. The van der Waals surface area contributed by atoms with E-state index in [2.05, 4.69) is 5.32 Å². The van der Waals surface area contributed by atoms with Crippen LogP contribution in [0.25, 0.3) is 11.8 Å². The van der Waals surface area contributed by atoms with Gasteiger partial charge in [0.25, 0.3) is 17.5 Å². The second-order valence-electron chi connectivity index (χ2n) is 8.09. The third-order valence-corrected chi connectivity index (χ3v) is 6.12. The summed E-state index contributed by atoms with van der Waals surface area (Å²) in [6.45, 7) is 3.57. The molecule has 1 aliphatic heterocycles. The first kappa shape index (κ1) is 25.3. The summed E-state index contributed by atoms with van der Waals surface area (Å²) < 4.78 is 7.16. The van der Waals surface area contributed by atoms with E-state index >= 15 is 0 Å². The monoisotopic (exact) mass is 520 g/mol. The number of nitro groups is 1. The first-order valence-electron chi connectivity index (χ1n) is 10.8. The maximum atomic E-state index is 13.4. The van der Waals surface area contributed by atoms with Crippen LogP contribution in [0.2, 0.25) is 0 Å². The predicted octanol–water partition coefficient (Wildman–Crippen LogP) is 3.54. The highest BCUT2D eigenvalue weighted by Crippen LogP contribution is 2.32. The molecule has 12 heteroatoms. The van der Waals surface area contributed by atoms with Gasteiger partial charge in [0.15, 0.2) is 5.11 Å². The highest BCUT2D eigenvalue weighted by atomic mass is 32.1. The van der Waals surface area contributed by atoms with Crippen LogP contribution in [0.5, 0.6) is 5.75 Å². The summed E-state index contributed by atoms with van der Waals surface area (Å²) in [5.74, 6) is -2.31. The molecule has 2 heterocycles. The Balaban J connectivity index is 1.78. The second kappa shape index (κ2) is 9.66. The summed E-state index contributed by atoms with van der Waals surface area (Å²) in [5, 5.41) is 22.8. The molecule has 0 spiro atoms. The lowest BCUT2D eigenvalue weighted by molar-refractivity contribution is -0.384. The van der Waals surface area contributed by atoms with Gasteiger partial charge in [-0.2, -0.15) is 0 Å². The molecule has 0 unspecified atom stereocenters. The quantitative estimate of drug-likeness (QED) is 0.165. The van der Waals surface area contributed by atoms with E-state index in [4.69, 9.17) is 17.0 Å². The molecular formula is C25H20N4O7S. The van der Waals surface area contributed by atoms with Gasteiger partial charge in [-0.1, -0.05) is 6.07 Å². The van der Waals surface area contributed by atoms with Crippen LogP contribution in [-0.2, 0) is 9.59 Å². The van der Waals surface area contributed by atoms with Crippen molar-refractivity contribution >= 4 is 52.6 Å². The minimum Gasteiger partial charge on any atom is -0.494 e. The number of carbonyl (C=O) groups is 3. The molecule has 1 saturated heterocycles. The van der Waals surface area contributed by atoms with Crippen molar-refractivity contribution < 1.29 is 29.2 Å². The number of thiocarbonyl (C=S) groups is 1. The summed E-state index contributed by atoms with van der Waals surface area (Å²) in [6, 6.07) is 11.6. The standard InChI is InChI=1S/C25H20N4O7S/c1-13-9-16(14(2)27(13)20-8-7-18(29(34)35)12-21(20)36-3)11-19-22(30)26-25(37)28(23(19)31)17-6-4-5-15(10-17)24(32)33/h4-12H,1-3H3,(H,32,33)(H,26,30,37). The Bertz CT molecular complexity index is 1540. The van der Waals surface area contributed by atoms with E-state index in [1.54, 1.807) is 30.5 Å². The van der Waals surface area contributed by atoms with Crippen LogP contribution >= 0.6 is 12.2 Å². The number of carboxylic acids is 1. The average Bonchev–Trinajstić information content (AvgIpc) is 3.13. The van der Waals surface area contributed by atoms with Crippen molar-refractivity contribution in [2.45, 2.75) is 13.8 Å². The number of anilines is 1. The van der Waals surface area contributed by atoms with E-state index < -0.39 is 22.7 Å². The Kier molecular flexibility index (Phi) is 6.60. The molecular weight excluding hydrogens is 500 g/mol. The zero-order chi connectivity index (χ0) is 27.0. The third kappa shape index (κ3) is 4.57. The summed E-state index contributed by atoms with van der Waals surface area (Å²) in [4.78, 5) is 49.2. The summed E-state index contributed by atoms with van der Waals surface area (Å²) >= 11 is 5.19. The number of ether oxygens (including phenoxy) is 1. The van der Waals surface area contributed by atoms with Gasteiger partial charge in [0.05, 0.1) is 35.0 Å². The number of carbonyl (C=O) groups excluding carboxylic acids is 2. The summed E-state index contributed by atoms with van der Waals surface area (Å²) in [6.07, 6.45) is 1.42. The van der Waals surface area contributed by atoms with Gasteiger partial charge < -0.3 is 14.4 Å². The van der Waals surface area contributed by atoms with Gasteiger partial charge in [0.2, 0.25) is 0 Å². The van der Waals surface area contributed by atoms with E-state index in [1.807, 2.05) is 0 Å². The lowest BCUT2D eigenvalue weighted by Gasteiger charge is -2.29. The van der Waals surface area contributed by atoms with Crippen LogP contribution in [0.1, 0.15) is 27.3 Å². The van der Waals surface area contributed by atoms with Crippen LogP contribution in [0.15, 0.2) is 54.1 Å². The van der Waals surface area contributed by atoms with Crippen LogP contribution in [-0.4, -0.2) is 44.6 Å². The number of amides is 2.